The SMILES string of the molecule is CCCNC(=S)Nc1cnn(Cc2ccc(Cl)cc2Cl)c1. The summed E-state index contributed by atoms with van der Waals surface area (Å²) in [5, 5.41) is 12.3. The molecule has 0 amide bonds. The Morgan fingerprint density at radius 2 is 2.19 bits per heavy atom. The van der Waals surface area contributed by atoms with Crippen molar-refractivity contribution in [3.63, 3.8) is 0 Å². The van der Waals surface area contributed by atoms with Gasteiger partial charge in [0.2, 0.25) is 0 Å². The predicted octanol–water partition coefficient (Wildman–Crippen LogP) is 3.93. The number of halogens is 2. The maximum atomic E-state index is 6.16. The van der Waals surface area contributed by atoms with Crippen molar-refractivity contribution >= 4 is 46.2 Å². The molecular weight excluding hydrogens is 327 g/mol. The van der Waals surface area contributed by atoms with E-state index in [4.69, 9.17) is 35.4 Å². The Labute approximate surface area is 139 Å². The van der Waals surface area contributed by atoms with Crippen LogP contribution in [0.5, 0.6) is 0 Å². The summed E-state index contributed by atoms with van der Waals surface area (Å²) >= 11 is 17.2. The largest absolute Gasteiger partial charge is 0.362 e. The third kappa shape index (κ3) is 4.88. The monoisotopic (exact) mass is 342 g/mol. The van der Waals surface area contributed by atoms with Crippen LogP contribution in [0, 0.1) is 0 Å². The van der Waals surface area contributed by atoms with Gasteiger partial charge in [-0.05, 0) is 36.3 Å². The summed E-state index contributed by atoms with van der Waals surface area (Å²) in [5.74, 6) is 0. The molecular formula is C14H16Cl2N4S. The van der Waals surface area contributed by atoms with E-state index in [-0.39, 0.29) is 0 Å². The normalized spacial score (nSPS) is 10.4. The van der Waals surface area contributed by atoms with E-state index < -0.39 is 0 Å². The molecule has 0 aliphatic rings. The molecule has 0 atom stereocenters. The molecule has 2 N–H and O–H groups in total. The van der Waals surface area contributed by atoms with Gasteiger partial charge in [0.05, 0.1) is 18.4 Å². The molecule has 0 spiro atoms. The molecule has 7 heteroatoms. The average Bonchev–Trinajstić information content (AvgIpc) is 2.87. The first-order valence-electron chi connectivity index (χ1n) is 6.59. The van der Waals surface area contributed by atoms with Crippen LogP contribution in [0.4, 0.5) is 5.69 Å². The van der Waals surface area contributed by atoms with Gasteiger partial charge in [-0.3, -0.25) is 4.68 Å². The van der Waals surface area contributed by atoms with Gasteiger partial charge in [0, 0.05) is 22.8 Å². The second kappa shape index (κ2) is 7.64. The van der Waals surface area contributed by atoms with Gasteiger partial charge in [0.15, 0.2) is 5.11 Å². The first-order valence-corrected chi connectivity index (χ1v) is 7.76. The molecule has 21 heavy (non-hydrogen) atoms. The number of anilines is 1. The summed E-state index contributed by atoms with van der Waals surface area (Å²) in [6, 6.07) is 5.44. The fraction of sp³-hybridized carbons (Fsp3) is 0.286. The smallest absolute Gasteiger partial charge is 0.170 e. The van der Waals surface area contributed by atoms with Crippen molar-refractivity contribution in [2.24, 2.45) is 0 Å². The zero-order chi connectivity index (χ0) is 15.2. The summed E-state index contributed by atoms with van der Waals surface area (Å²) in [5.41, 5.74) is 1.80. The average molecular weight is 343 g/mol. The van der Waals surface area contributed by atoms with Gasteiger partial charge in [-0.2, -0.15) is 5.10 Å². The van der Waals surface area contributed by atoms with Crippen LogP contribution in [0.15, 0.2) is 30.6 Å². The molecule has 1 heterocycles. The molecule has 2 rings (SSSR count). The lowest BCUT2D eigenvalue weighted by atomic mass is 10.2. The maximum Gasteiger partial charge on any atom is 0.170 e. The Balaban J connectivity index is 1.98. The van der Waals surface area contributed by atoms with Gasteiger partial charge >= 0.3 is 0 Å². The van der Waals surface area contributed by atoms with Crippen LogP contribution in [0.2, 0.25) is 10.0 Å². The summed E-state index contributed by atoms with van der Waals surface area (Å²) in [4.78, 5) is 0. The number of hydrogen-bond donors (Lipinski definition) is 2. The van der Waals surface area contributed by atoms with E-state index in [2.05, 4.69) is 22.7 Å². The van der Waals surface area contributed by atoms with Crippen LogP contribution in [-0.2, 0) is 6.54 Å². The van der Waals surface area contributed by atoms with Crippen molar-refractivity contribution in [2.75, 3.05) is 11.9 Å². The number of nitrogens with zero attached hydrogens (tertiary/aromatic N) is 2. The second-order valence-electron chi connectivity index (χ2n) is 4.54. The molecule has 0 saturated carbocycles. The van der Waals surface area contributed by atoms with Gasteiger partial charge in [-0.15, -0.1) is 0 Å². The van der Waals surface area contributed by atoms with Crippen molar-refractivity contribution in [3.8, 4) is 0 Å². The lowest BCUT2D eigenvalue weighted by molar-refractivity contribution is 0.687. The first-order chi connectivity index (χ1) is 10.1. The quantitative estimate of drug-likeness (QED) is 0.807. The molecule has 0 unspecified atom stereocenters. The molecule has 0 aliphatic heterocycles. The van der Waals surface area contributed by atoms with E-state index >= 15 is 0 Å². The fourth-order valence-electron chi connectivity index (χ4n) is 1.75. The number of rotatable bonds is 5. The highest BCUT2D eigenvalue weighted by Gasteiger charge is 2.05. The van der Waals surface area contributed by atoms with Crippen LogP contribution < -0.4 is 10.6 Å². The van der Waals surface area contributed by atoms with Gasteiger partial charge in [0.25, 0.3) is 0 Å². The number of nitrogens with one attached hydrogen (secondary N) is 2. The Bertz CT molecular complexity index is 627. The van der Waals surface area contributed by atoms with Gasteiger partial charge < -0.3 is 10.6 Å². The lowest BCUT2D eigenvalue weighted by Gasteiger charge is -2.07. The summed E-state index contributed by atoms with van der Waals surface area (Å²) in [6.07, 6.45) is 4.63. The molecule has 112 valence electrons. The van der Waals surface area contributed by atoms with E-state index in [1.165, 1.54) is 0 Å². The number of thiocarbonyl (C=S) groups is 1. The highest BCUT2D eigenvalue weighted by molar-refractivity contribution is 7.80. The molecule has 0 aliphatic carbocycles. The van der Waals surface area contributed by atoms with E-state index in [1.54, 1.807) is 16.9 Å². The highest BCUT2D eigenvalue weighted by Crippen LogP contribution is 2.21. The van der Waals surface area contributed by atoms with Gasteiger partial charge in [-0.1, -0.05) is 36.2 Å². The van der Waals surface area contributed by atoms with Crippen LogP contribution >= 0.6 is 35.4 Å². The molecule has 1 aromatic carbocycles. The van der Waals surface area contributed by atoms with Gasteiger partial charge in [0.1, 0.15) is 0 Å². The highest BCUT2D eigenvalue weighted by atomic mass is 35.5. The summed E-state index contributed by atoms with van der Waals surface area (Å²) < 4.78 is 1.79. The Kier molecular flexibility index (Phi) is 5.85. The van der Waals surface area contributed by atoms with Crippen LogP contribution in [0.1, 0.15) is 18.9 Å². The number of aromatic nitrogens is 2. The Morgan fingerprint density at radius 3 is 2.90 bits per heavy atom. The Morgan fingerprint density at radius 1 is 1.38 bits per heavy atom. The molecule has 4 nitrogen and oxygen atoms in total. The number of benzene rings is 1. The minimum Gasteiger partial charge on any atom is -0.362 e. The van der Waals surface area contributed by atoms with E-state index in [9.17, 15) is 0 Å². The minimum atomic E-state index is 0.576. The zero-order valence-electron chi connectivity index (χ0n) is 11.6. The van der Waals surface area contributed by atoms with Crippen molar-refractivity contribution in [1.29, 1.82) is 0 Å². The molecule has 0 radical (unpaired) electrons. The first kappa shape index (κ1) is 16.1. The molecule has 1 aromatic heterocycles. The van der Waals surface area contributed by atoms with Crippen molar-refractivity contribution in [2.45, 2.75) is 19.9 Å². The van der Waals surface area contributed by atoms with Gasteiger partial charge in [-0.25, -0.2) is 0 Å². The van der Waals surface area contributed by atoms with Crippen molar-refractivity contribution in [1.82, 2.24) is 15.1 Å². The fourth-order valence-corrected chi connectivity index (χ4v) is 2.44. The predicted molar refractivity (Wildman–Crippen MR) is 92.3 cm³/mol. The third-order valence-corrected chi connectivity index (χ3v) is 3.61. The number of hydrogen-bond acceptors (Lipinski definition) is 2. The van der Waals surface area contributed by atoms with Crippen molar-refractivity contribution in [3.05, 3.63) is 46.2 Å². The van der Waals surface area contributed by atoms with Crippen LogP contribution in [0.25, 0.3) is 0 Å². The summed E-state index contributed by atoms with van der Waals surface area (Å²) in [6.45, 7) is 3.51. The van der Waals surface area contributed by atoms with Crippen molar-refractivity contribution < 1.29 is 0 Å². The standard InChI is InChI=1S/C14H16Cl2N4S/c1-2-5-17-14(21)19-12-7-18-20(9-12)8-10-3-4-11(15)6-13(10)16/h3-4,6-7,9H,2,5,8H2,1H3,(H2,17,19,21). The van der Waals surface area contributed by atoms with Crippen LogP contribution in [-0.4, -0.2) is 21.4 Å². The molecule has 2 aromatic rings. The summed E-state index contributed by atoms with van der Waals surface area (Å²) in [7, 11) is 0. The molecule has 0 fully saturated rings. The third-order valence-electron chi connectivity index (χ3n) is 2.77. The lowest BCUT2D eigenvalue weighted by Crippen LogP contribution is -2.28. The second-order valence-corrected chi connectivity index (χ2v) is 5.80. The van der Waals surface area contributed by atoms with E-state index in [0.717, 1.165) is 24.2 Å². The topological polar surface area (TPSA) is 41.9 Å². The maximum absolute atomic E-state index is 6.16. The van der Waals surface area contributed by atoms with E-state index in [0.29, 0.717) is 21.7 Å². The van der Waals surface area contributed by atoms with Crippen LogP contribution in [0.3, 0.4) is 0 Å². The zero-order valence-corrected chi connectivity index (χ0v) is 13.9. The minimum absolute atomic E-state index is 0.576. The molecule has 0 saturated heterocycles. The molecule has 0 bridgehead atoms. The Hall–Kier alpha value is -1.30. The van der Waals surface area contributed by atoms with E-state index in [1.807, 2.05) is 18.3 Å².